The van der Waals surface area contributed by atoms with Gasteiger partial charge in [-0.05, 0) is 94.1 Å². The first-order chi connectivity index (χ1) is 18.8. The molecule has 2 unspecified atom stereocenters. The predicted molar refractivity (Wildman–Crippen MR) is 149 cm³/mol. The molecule has 1 aromatic heterocycles. The summed E-state index contributed by atoms with van der Waals surface area (Å²) in [6.07, 6.45) is 5.82. The summed E-state index contributed by atoms with van der Waals surface area (Å²) >= 11 is 0. The maximum Gasteiger partial charge on any atom is 0.251 e. The van der Waals surface area contributed by atoms with Crippen LogP contribution in [0.25, 0.3) is 10.9 Å². The number of H-pyrrole nitrogens is 1. The minimum Gasteiger partial charge on any atom is -0.371 e. The SMILES string of the molecule is CC1Cc2c([nH]c3ccccc23)CN1CC(F)F.Fc1cc(F)cc(N2CCCC3(CCCNCC3)CC2)c1. The molecule has 3 aromatic rings. The highest BCUT2D eigenvalue weighted by molar-refractivity contribution is 5.84. The van der Waals surface area contributed by atoms with E-state index in [1.165, 1.54) is 48.8 Å². The van der Waals surface area contributed by atoms with Gasteiger partial charge in [-0.1, -0.05) is 18.2 Å². The van der Waals surface area contributed by atoms with Gasteiger partial charge in [-0.2, -0.15) is 0 Å². The Bertz CT molecular complexity index is 1210. The molecular weight excluding hydrogens is 504 g/mol. The van der Waals surface area contributed by atoms with Crippen LogP contribution in [-0.2, 0) is 13.0 Å². The van der Waals surface area contributed by atoms with Gasteiger partial charge in [0.05, 0.1) is 6.54 Å². The first-order valence-electron chi connectivity index (χ1n) is 14.3. The van der Waals surface area contributed by atoms with Crippen LogP contribution in [0.4, 0.5) is 23.2 Å². The monoisotopic (exact) mass is 544 g/mol. The smallest absolute Gasteiger partial charge is 0.251 e. The van der Waals surface area contributed by atoms with Gasteiger partial charge in [-0.3, -0.25) is 4.90 Å². The lowest BCUT2D eigenvalue weighted by atomic mass is 9.75. The number of rotatable bonds is 3. The van der Waals surface area contributed by atoms with Crippen LogP contribution in [0.5, 0.6) is 0 Å². The van der Waals surface area contributed by atoms with Crippen LogP contribution in [0.2, 0.25) is 0 Å². The molecular formula is C31H40F4N4. The van der Waals surface area contributed by atoms with E-state index in [-0.39, 0.29) is 12.6 Å². The van der Waals surface area contributed by atoms with Crippen molar-refractivity contribution in [1.29, 1.82) is 0 Å². The zero-order chi connectivity index (χ0) is 27.4. The molecule has 0 bridgehead atoms. The molecule has 0 aliphatic carbocycles. The van der Waals surface area contributed by atoms with Gasteiger partial charge in [-0.15, -0.1) is 0 Å². The summed E-state index contributed by atoms with van der Waals surface area (Å²) in [7, 11) is 0. The van der Waals surface area contributed by atoms with Gasteiger partial charge >= 0.3 is 0 Å². The van der Waals surface area contributed by atoms with Crippen LogP contribution in [0.1, 0.15) is 56.7 Å². The number of halogens is 4. The second-order valence-corrected chi connectivity index (χ2v) is 11.6. The van der Waals surface area contributed by atoms with Crippen LogP contribution < -0.4 is 10.2 Å². The molecule has 8 heteroatoms. The van der Waals surface area contributed by atoms with Crippen molar-refractivity contribution in [3.05, 3.63) is 65.4 Å². The summed E-state index contributed by atoms with van der Waals surface area (Å²) in [6.45, 7) is 6.51. The number of anilines is 1. The van der Waals surface area contributed by atoms with Gasteiger partial charge in [0, 0.05) is 54.0 Å². The van der Waals surface area contributed by atoms with E-state index in [1.54, 1.807) is 0 Å². The molecule has 2 N–H and O–H groups in total. The van der Waals surface area contributed by atoms with Crippen molar-refractivity contribution in [1.82, 2.24) is 15.2 Å². The zero-order valence-corrected chi connectivity index (χ0v) is 22.8. The molecule has 2 fully saturated rings. The number of nitrogens with zero attached hydrogens (tertiary/aromatic N) is 2. The van der Waals surface area contributed by atoms with Crippen molar-refractivity contribution < 1.29 is 17.6 Å². The van der Waals surface area contributed by atoms with Crippen molar-refractivity contribution in [3.63, 3.8) is 0 Å². The second kappa shape index (κ2) is 12.3. The van der Waals surface area contributed by atoms with Crippen LogP contribution in [0.15, 0.2) is 42.5 Å². The third kappa shape index (κ3) is 6.77. The summed E-state index contributed by atoms with van der Waals surface area (Å²) in [4.78, 5) is 7.35. The molecule has 3 aliphatic heterocycles. The zero-order valence-electron chi connectivity index (χ0n) is 22.8. The van der Waals surface area contributed by atoms with Crippen LogP contribution in [0, 0.1) is 17.0 Å². The average molecular weight is 545 g/mol. The quantitative estimate of drug-likeness (QED) is 0.352. The Morgan fingerprint density at radius 1 is 0.949 bits per heavy atom. The third-order valence-electron chi connectivity index (χ3n) is 8.91. The number of fused-ring (bicyclic) bond motifs is 3. The van der Waals surface area contributed by atoms with Crippen molar-refractivity contribution in [3.8, 4) is 0 Å². The Morgan fingerprint density at radius 3 is 2.51 bits per heavy atom. The van der Waals surface area contributed by atoms with Gasteiger partial charge in [-0.25, -0.2) is 17.6 Å². The van der Waals surface area contributed by atoms with Gasteiger partial charge in [0.15, 0.2) is 0 Å². The van der Waals surface area contributed by atoms with Gasteiger partial charge in [0.25, 0.3) is 6.43 Å². The Hall–Kier alpha value is -2.58. The highest BCUT2D eigenvalue weighted by Gasteiger charge is 2.33. The molecule has 0 saturated carbocycles. The predicted octanol–water partition coefficient (Wildman–Crippen LogP) is 6.89. The Morgan fingerprint density at radius 2 is 1.72 bits per heavy atom. The molecule has 1 spiro atoms. The van der Waals surface area contributed by atoms with E-state index in [4.69, 9.17) is 0 Å². The van der Waals surface area contributed by atoms with Crippen molar-refractivity contribution >= 4 is 16.6 Å². The van der Waals surface area contributed by atoms with Gasteiger partial charge in [0.1, 0.15) is 11.6 Å². The largest absolute Gasteiger partial charge is 0.371 e. The summed E-state index contributed by atoms with van der Waals surface area (Å²) < 4.78 is 51.9. The molecule has 212 valence electrons. The highest BCUT2D eigenvalue weighted by Crippen LogP contribution is 2.41. The number of alkyl halides is 2. The molecule has 4 heterocycles. The van der Waals surface area contributed by atoms with Crippen LogP contribution in [0.3, 0.4) is 0 Å². The summed E-state index contributed by atoms with van der Waals surface area (Å²) in [5.74, 6) is -0.967. The molecule has 0 amide bonds. The number of aromatic nitrogens is 1. The number of aromatic amines is 1. The van der Waals surface area contributed by atoms with E-state index in [0.29, 0.717) is 17.6 Å². The molecule has 4 nitrogen and oxygen atoms in total. The Kier molecular flexibility index (Phi) is 8.82. The van der Waals surface area contributed by atoms with Crippen molar-refractivity contribution in [2.24, 2.45) is 5.41 Å². The van der Waals surface area contributed by atoms with E-state index >= 15 is 0 Å². The van der Waals surface area contributed by atoms with E-state index < -0.39 is 18.1 Å². The molecule has 6 rings (SSSR count). The molecule has 2 aromatic carbocycles. The lowest BCUT2D eigenvalue weighted by molar-refractivity contribution is 0.0597. The summed E-state index contributed by atoms with van der Waals surface area (Å²) in [5.41, 5.74) is 4.62. The van der Waals surface area contributed by atoms with Crippen LogP contribution in [-0.4, -0.2) is 55.1 Å². The number of para-hydroxylation sites is 1. The number of hydrogen-bond donors (Lipinski definition) is 2. The van der Waals surface area contributed by atoms with E-state index in [2.05, 4.69) is 21.3 Å². The number of nitrogens with one attached hydrogen (secondary N) is 2. The summed E-state index contributed by atoms with van der Waals surface area (Å²) in [5, 5.41) is 4.72. The maximum absolute atomic E-state index is 13.4. The average Bonchev–Trinajstić information content (AvgIpc) is 3.04. The molecule has 2 atom stereocenters. The standard InChI is InChI=1S/C17H24F2N2.C14H16F2N2/c18-14-11-15(19)13-16(12-14)21-9-2-4-17(6-10-21)3-1-7-20-8-5-17;1-9-6-11-10-4-2-3-5-12(10)17-13(11)7-18(9)8-14(15)16/h11-13,20H,1-10H2;2-5,9,14,17H,6-8H2,1H3. The third-order valence-corrected chi connectivity index (χ3v) is 8.91. The number of hydrogen-bond acceptors (Lipinski definition) is 3. The molecule has 0 radical (unpaired) electrons. The fourth-order valence-electron chi connectivity index (χ4n) is 6.75. The summed E-state index contributed by atoms with van der Waals surface area (Å²) in [6, 6.07) is 12.2. The fraction of sp³-hybridized carbons (Fsp3) is 0.548. The lowest BCUT2D eigenvalue weighted by Gasteiger charge is -2.33. The van der Waals surface area contributed by atoms with E-state index in [0.717, 1.165) is 62.7 Å². The van der Waals surface area contributed by atoms with E-state index in [1.807, 2.05) is 30.0 Å². The molecule has 3 aliphatic rings. The topological polar surface area (TPSA) is 34.3 Å². The molecule has 39 heavy (non-hydrogen) atoms. The minimum absolute atomic E-state index is 0.143. The second-order valence-electron chi connectivity index (χ2n) is 11.6. The van der Waals surface area contributed by atoms with Gasteiger partial charge in [0.2, 0.25) is 0 Å². The Labute approximate surface area is 228 Å². The molecule has 2 saturated heterocycles. The minimum atomic E-state index is -2.27. The lowest BCUT2D eigenvalue weighted by Crippen LogP contribution is -2.40. The van der Waals surface area contributed by atoms with Crippen molar-refractivity contribution in [2.75, 3.05) is 37.6 Å². The number of benzene rings is 2. The Balaban J connectivity index is 0.000000160. The first-order valence-corrected chi connectivity index (χ1v) is 14.3. The highest BCUT2D eigenvalue weighted by atomic mass is 19.3. The first kappa shape index (κ1) is 28.0. The van der Waals surface area contributed by atoms with Gasteiger partial charge < -0.3 is 15.2 Å². The normalized spacial score (nSPS) is 24.3. The fourth-order valence-corrected chi connectivity index (χ4v) is 6.75. The van der Waals surface area contributed by atoms with Crippen LogP contribution >= 0.6 is 0 Å². The van der Waals surface area contributed by atoms with E-state index in [9.17, 15) is 17.6 Å². The van der Waals surface area contributed by atoms with Crippen molar-refractivity contribution in [2.45, 2.75) is 70.9 Å². The maximum atomic E-state index is 13.4.